The Morgan fingerprint density at radius 1 is 1.38 bits per heavy atom. The van der Waals surface area contributed by atoms with Crippen LogP contribution >= 0.6 is 0 Å². The summed E-state index contributed by atoms with van der Waals surface area (Å²) in [6, 6.07) is 0.0519. The maximum Gasteiger partial charge on any atom is 0.318 e. The molecule has 1 aliphatic rings. The van der Waals surface area contributed by atoms with Crippen LogP contribution < -0.4 is 5.32 Å². The lowest BCUT2D eigenvalue weighted by Crippen LogP contribution is -2.50. The Labute approximate surface area is 97.4 Å². The second-order valence-electron chi connectivity index (χ2n) is 5.58. The first kappa shape index (κ1) is 13.0. The topological polar surface area (TPSA) is 49.4 Å². The quantitative estimate of drug-likeness (QED) is 0.782. The zero-order valence-corrected chi connectivity index (χ0v) is 10.7. The summed E-state index contributed by atoms with van der Waals surface area (Å²) in [5.74, 6) is 0.153. The smallest absolute Gasteiger partial charge is 0.318 e. The monoisotopic (exact) mass is 226 g/mol. The van der Waals surface area contributed by atoms with E-state index < -0.39 is 0 Å². The van der Waals surface area contributed by atoms with Gasteiger partial charge in [0.15, 0.2) is 0 Å². The average Bonchev–Trinajstić information content (AvgIpc) is 2.47. The van der Waals surface area contributed by atoms with Crippen LogP contribution in [0.3, 0.4) is 0 Å². The van der Waals surface area contributed by atoms with Crippen molar-refractivity contribution in [2.75, 3.05) is 6.54 Å². The van der Waals surface area contributed by atoms with Gasteiger partial charge in [0.2, 0.25) is 0 Å². The predicted octanol–water partition coefficient (Wildman–Crippen LogP) is 1.94. The molecule has 0 aromatic rings. The normalized spacial score (nSPS) is 21.0. The van der Waals surface area contributed by atoms with Crippen molar-refractivity contribution in [1.29, 1.82) is 0 Å². The zero-order chi connectivity index (χ0) is 12.3. The lowest BCUT2D eigenvalue weighted by molar-refractivity contribution is -0.117. The molecule has 4 nitrogen and oxygen atoms in total. The van der Waals surface area contributed by atoms with E-state index in [4.69, 9.17) is 0 Å². The van der Waals surface area contributed by atoms with Gasteiger partial charge in [-0.25, -0.2) is 4.79 Å². The van der Waals surface area contributed by atoms with Gasteiger partial charge in [-0.3, -0.25) is 4.79 Å². The number of urea groups is 1. The molecule has 0 aromatic heterocycles. The molecule has 0 spiro atoms. The van der Waals surface area contributed by atoms with Crippen LogP contribution in [0.25, 0.3) is 0 Å². The highest BCUT2D eigenvalue weighted by Gasteiger charge is 2.30. The largest absolute Gasteiger partial charge is 0.333 e. The van der Waals surface area contributed by atoms with Gasteiger partial charge in [-0.1, -0.05) is 0 Å². The molecular weight excluding hydrogens is 204 g/mol. The minimum Gasteiger partial charge on any atom is -0.333 e. The molecule has 1 saturated heterocycles. The number of carbonyl (C=O) groups is 2. The predicted molar refractivity (Wildman–Crippen MR) is 63.3 cm³/mol. The molecule has 0 aliphatic carbocycles. The number of hydrogen-bond donors (Lipinski definition) is 1. The van der Waals surface area contributed by atoms with E-state index in [0.29, 0.717) is 6.42 Å². The van der Waals surface area contributed by atoms with E-state index >= 15 is 0 Å². The summed E-state index contributed by atoms with van der Waals surface area (Å²) < 4.78 is 0. The van der Waals surface area contributed by atoms with E-state index in [2.05, 4.69) is 5.32 Å². The van der Waals surface area contributed by atoms with Gasteiger partial charge < -0.3 is 10.2 Å². The van der Waals surface area contributed by atoms with E-state index in [9.17, 15) is 9.59 Å². The number of amides is 2. The molecule has 1 unspecified atom stereocenters. The van der Waals surface area contributed by atoms with E-state index in [1.54, 1.807) is 11.8 Å². The Morgan fingerprint density at radius 2 is 2.00 bits per heavy atom. The standard InChI is InChI=1S/C12H22N2O2/c1-9(15)8-10-6-5-7-14(10)11(16)13-12(2,3)4/h10H,5-8H2,1-4H3,(H,13,16). The Bertz CT molecular complexity index is 281. The molecule has 0 bridgehead atoms. The van der Waals surface area contributed by atoms with E-state index in [-0.39, 0.29) is 23.4 Å². The Hall–Kier alpha value is -1.06. The molecule has 4 heteroatoms. The van der Waals surface area contributed by atoms with Gasteiger partial charge >= 0.3 is 6.03 Å². The van der Waals surface area contributed by atoms with Crippen molar-refractivity contribution in [2.45, 2.75) is 58.5 Å². The average molecular weight is 226 g/mol. The highest BCUT2D eigenvalue weighted by atomic mass is 16.2. The second kappa shape index (κ2) is 4.85. The van der Waals surface area contributed by atoms with Crippen LogP contribution in [0.5, 0.6) is 0 Å². The molecule has 92 valence electrons. The fourth-order valence-electron chi connectivity index (χ4n) is 2.04. The fourth-order valence-corrected chi connectivity index (χ4v) is 2.04. The van der Waals surface area contributed by atoms with Gasteiger partial charge in [0, 0.05) is 24.5 Å². The third-order valence-corrected chi connectivity index (χ3v) is 2.64. The van der Waals surface area contributed by atoms with Crippen molar-refractivity contribution in [3.05, 3.63) is 0 Å². The number of hydrogen-bond acceptors (Lipinski definition) is 2. The molecule has 0 saturated carbocycles. The van der Waals surface area contributed by atoms with Crippen LogP contribution in [0, 0.1) is 0 Å². The number of Topliss-reactive ketones (excluding diaryl/α,β-unsaturated/α-hetero) is 1. The van der Waals surface area contributed by atoms with Crippen LogP contribution in [0.2, 0.25) is 0 Å². The van der Waals surface area contributed by atoms with Crippen LogP contribution in [-0.4, -0.2) is 34.8 Å². The molecule has 1 N–H and O–H groups in total. The minimum atomic E-state index is -0.222. The van der Waals surface area contributed by atoms with E-state index in [0.717, 1.165) is 19.4 Å². The molecule has 1 rings (SSSR count). The van der Waals surface area contributed by atoms with Crippen molar-refractivity contribution in [2.24, 2.45) is 0 Å². The van der Waals surface area contributed by atoms with Crippen molar-refractivity contribution >= 4 is 11.8 Å². The summed E-state index contributed by atoms with van der Waals surface area (Å²) in [5, 5.41) is 2.94. The summed E-state index contributed by atoms with van der Waals surface area (Å²) in [7, 11) is 0. The van der Waals surface area contributed by atoms with Gasteiger partial charge in [0.1, 0.15) is 5.78 Å². The third-order valence-electron chi connectivity index (χ3n) is 2.64. The van der Waals surface area contributed by atoms with Crippen molar-refractivity contribution < 1.29 is 9.59 Å². The molecule has 1 atom stereocenters. The second-order valence-corrected chi connectivity index (χ2v) is 5.58. The molecule has 0 aromatic carbocycles. The first-order chi connectivity index (χ1) is 7.29. The van der Waals surface area contributed by atoms with Crippen molar-refractivity contribution in [3.63, 3.8) is 0 Å². The summed E-state index contributed by atoms with van der Waals surface area (Å²) in [5.41, 5.74) is -0.222. The Kier molecular flexibility index (Phi) is 3.94. The summed E-state index contributed by atoms with van der Waals surface area (Å²) in [4.78, 5) is 24.8. The van der Waals surface area contributed by atoms with Crippen LogP contribution in [-0.2, 0) is 4.79 Å². The van der Waals surface area contributed by atoms with Crippen LogP contribution in [0.1, 0.15) is 47.0 Å². The lowest BCUT2D eigenvalue weighted by atomic mass is 10.1. The zero-order valence-electron chi connectivity index (χ0n) is 10.7. The lowest BCUT2D eigenvalue weighted by Gasteiger charge is -2.29. The van der Waals surface area contributed by atoms with Gasteiger partial charge in [-0.2, -0.15) is 0 Å². The highest BCUT2D eigenvalue weighted by molar-refractivity contribution is 5.79. The summed E-state index contributed by atoms with van der Waals surface area (Å²) in [6.45, 7) is 8.22. The van der Waals surface area contributed by atoms with Crippen molar-refractivity contribution in [3.8, 4) is 0 Å². The van der Waals surface area contributed by atoms with Crippen molar-refractivity contribution in [1.82, 2.24) is 10.2 Å². The summed E-state index contributed by atoms with van der Waals surface area (Å²) in [6.07, 6.45) is 2.42. The first-order valence-corrected chi connectivity index (χ1v) is 5.88. The molecule has 16 heavy (non-hydrogen) atoms. The SMILES string of the molecule is CC(=O)CC1CCCN1C(=O)NC(C)(C)C. The molecule has 2 amide bonds. The maximum absolute atomic E-state index is 12.0. The highest BCUT2D eigenvalue weighted by Crippen LogP contribution is 2.20. The number of likely N-dealkylation sites (tertiary alicyclic amines) is 1. The van der Waals surface area contributed by atoms with Gasteiger partial charge in [-0.05, 0) is 40.5 Å². The first-order valence-electron chi connectivity index (χ1n) is 5.88. The van der Waals surface area contributed by atoms with Gasteiger partial charge in [0.05, 0.1) is 0 Å². The number of nitrogens with zero attached hydrogens (tertiary/aromatic N) is 1. The van der Waals surface area contributed by atoms with E-state index in [1.807, 2.05) is 20.8 Å². The Morgan fingerprint density at radius 3 is 2.50 bits per heavy atom. The number of carbonyl (C=O) groups excluding carboxylic acids is 2. The van der Waals surface area contributed by atoms with Gasteiger partial charge in [0.25, 0.3) is 0 Å². The number of ketones is 1. The number of nitrogens with one attached hydrogen (secondary N) is 1. The fraction of sp³-hybridized carbons (Fsp3) is 0.833. The molecular formula is C12H22N2O2. The Balaban J connectivity index is 2.57. The molecule has 0 radical (unpaired) electrons. The van der Waals surface area contributed by atoms with Crippen LogP contribution in [0.4, 0.5) is 4.79 Å². The molecule has 1 fully saturated rings. The van der Waals surface area contributed by atoms with Gasteiger partial charge in [-0.15, -0.1) is 0 Å². The molecule has 1 aliphatic heterocycles. The maximum atomic E-state index is 12.0. The third kappa shape index (κ3) is 3.83. The minimum absolute atomic E-state index is 0.0451. The number of rotatable bonds is 2. The van der Waals surface area contributed by atoms with E-state index in [1.165, 1.54) is 0 Å². The summed E-state index contributed by atoms with van der Waals surface area (Å²) >= 11 is 0. The van der Waals surface area contributed by atoms with Crippen LogP contribution in [0.15, 0.2) is 0 Å². The molecule has 1 heterocycles.